The van der Waals surface area contributed by atoms with E-state index in [1.807, 2.05) is 31.2 Å². The first kappa shape index (κ1) is 17.7. The summed E-state index contributed by atoms with van der Waals surface area (Å²) in [5, 5.41) is 2.92. The Morgan fingerprint density at radius 3 is 2.52 bits per heavy atom. The summed E-state index contributed by atoms with van der Waals surface area (Å²) in [6.07, 6.45) is 0.900. The van der Waals surface area contributed by atoms with Crippen LogP contribution in [0.5, 0.6) is 0 Å². The summed E-state index contributed by atoms with van der Waals surface area (Å²) in [6, 6.07) is 7.59. The summed E-state index contributed by atoms with van der Waals surface area (Å²) in [5.74, 6) is -0.122. The lowest BCUT2D eigenvalue weighted by Crippen LogP contribution is -2.38. The number of imidazole rings is 1. The Kier molecular flexibility index (Phi) is 5.88. The Labute approximate surface area is 147 Å². The lowest BCUT2D eigenvalue weighted by Gasteiger charge is -2.26. The zero-order valence-electron chi connectivity index (χ0n) is 14.7. The Bertz CT molecular complexity index is 774. The first-order valence-electron chi connectivity index (χ1n) is 8.95. The van der Waals surface area contributed by atoms with Gasteiger partial charge in [0.1, 0.15) is 6.54 Å². The van der Waals surface area contributed by atoms with Crippen molar-refractivity contribution in [2.75, 3.05) is 39.4 Å². The molecule has 3 rings (SSSR count). The van der Waals surface area contributed by atoms with Gasteiger partial charge in [-0.3, -0.25) is 18.8 Å². The summed E-state index contributed by atoms with van der Waals surface area (Å²) in [4.78, 5) is 27.1. The smallest absolute Gasteiger partial charge is 0.329 e. The van der Waals surface area contributed by atoms with Crippen LogP contribution in [-0.2, 0) is 22.6 Å². The van der Waals surface area contributed by atoms with Crippen molar-refractivity contribution >= 4 is 16.9 Å². The van der Waals surface area contributed by atoms with Crippen molar-refractivity contribution in [3.8, 4) is 0 Å². The second kappa shape index (κ2) is 8.31. The molecule has 0 bridgehead atoms. The molecular weight excluding hydrogens is 320 g/mol. The summed E-state index contributed by atoms with van der Waals surface area (Å²) >= 11 is 0. The average molecular weight is 346 g/mol. The van der Waals surface area contributed by atoms with E-state index in [0.717, 1.165) is 50.3 Å². The van der Waals surface area contributed by atoms with Crippen LogP contribution >= 0.6 is 0 Å². The van der Waals surface area contributed by atoms with Gasteiger partial charge in [0.05, 0.1) is 24.2 Å². The van der Waals surface area contributed by atoms with Crippen LogP contribution in [0.25, 0.3) is 11.0 Å². The van der Waals surface area contributed by atoms with Crippen molar-refractivity contribution in [3.63, 3.8) is 0 Å². The van der Waals surface area contributed by atoms with Gasteiger partial charge in [-0.25, -0.2) is 4.79 Å². The highest BCUT2D eigenvalue weighted by Gasteiger charge is 2.14. The van der Waals surface area contributed by atoms with Crippen LogP contribution in [0.3, 0.4) is 0 Å². The third-order valence-electron chi connectivity index (χ3n) is 4.62. The van der Waals surface area contributed by atoms with Crippen molar-refractivity contribution < 1.29 is 9.53 Å². The molecule has 1 amide bonds. The van der Waals surface area contributed by atoms with E-state index in [1.165, 1.54) is 0 Å². The third kappa shape index (κ3) is 4.11. The van der Waals surface area contributed by atoms with E-state index in [0.29, 0.717) is 13.1 Å². The second-order valence-corrected chi connectivity index (χ2v) is 6.26. The monoisotopic (exact) mass is 346 g/mol. The van der Waals surface area contributed by atoms with Crippen molar-refractivity contribution in [1.82, 2.24) is 19.4 Å². The summed E-state index contributed by atoms with van der Waals surface area (Å²) in [5.41, 5.74) is 1.54. The number of nitrogens with zero attached hydrogens (tertiary/aromatic N) is 3. The Morgan fingerprint density at radius 2 is 1.84 bits per heavy atom. The third-order valence-corrected chi connectivity index (χ3v) is 4.62. The predicted octanol–water partition coefficient (Wildman–Crippen LogP) is 0.661. The molecule has 0 atom stereocenters. The number of carbonyl (C=O) groups excluding carboxylic acids is 1. The zero-order chi connectivity index (χ0) is 17.6. The quantitative estimate of drug-likeness (QED) is 0.748. The number of amides is 1. The van der Waals surface area contributed by atoms with Gasteiger partial charge in [-0.2, -0.15) is 0 Å². The van der Waals surface area contributed by atoms with E-state index in [2.05, 4.69) is 10.2 Å². The number of fused-ring (bicyclic) bond motifs is 1. The zero-order valence-corrected chi connectivity index (χ0v) is 14.7. The maximum atomic E-state index is 12.5. The maximum absolute atomic E-state index is 12.5. The lowest BCUT2D eigenvalue weighted by molar-refractivity contribution is -0.121. The summed E-state index contributed by atoms with van der Waals surface area (Å²) in [6.45, 7) is 7.66. The van der Waals surface area contributed by atoms with Crippen molar-refractivity contribution in [2.45, 2.75) is 26.4 Å². The molecule has 0 unspecified atom stereocenters. The van der Waals surface area contributed by atoms with Gasteiger partial charge in [0.25, 0.3) is 0 Å². The predicted molar refractivity (Wildman–Crippen MR) is 96.8 cm³/mol. The largest absolute Gasteiger partial charge is 0.379 e. The van der Waals surface area contributed by atoms with Gasteiger partial charge in [0.2, 0.25) is 5.91 Å². The van der Waals surface area contributed by atoms with Gasteiger partial charge in [-0.05, 0) is 32.0 Å². The molecule has 0 spiro atoms. The van der Waals surface area contributed by atoms with Crippen molar-refractivity contribution in [1.29, 1.82) is 0 Å². The number of para-hydroxylation sites is 2. The van der Waals surface area contributed by atoms with Crippen LogP contribution in [0.4, 0.5) is 0 Å². The van der Waals surface area contributed by atoms with Gasteiger partial charge >= 0.3 is 5.69 Å². The van der Waals surface area contributed by atoms with Crippen LogP contribution in [-0.4, -0.2) is 59.3 Å². The van der Waals surface area contributed by atoms with E-state index >= 15 is 0 Å². The number of benzene rings is 1. The number of hydrogen-bond donors (Lipinski definition) is 1. The van der Waals surface area contributed by atoms with E-state index in [4.69, 9.17) is 4.74 Å². The van der Waals surface area contributed by atoms with Crippen LogP contribution < -0.4 is 11.0 Å². The second-order valence-electron chi connectivity index (χ2n) is 6.26. The normalized spacial score (nSPS) is 15.6. The number of hydrogen-bond acceptors (Lipinski definition) is 4. The molecule has 2 heterocycles. The van der Waals surface area contributed by atoms with E-state index < -0.39 is 0 Å². The minimum Gasteiger partial charge on any atom is -0.379 e. The summed E-state index contributed by atoms with van der Waals surface area (Å²) in [7, 11) is 0. The minimum absolute atomic E-state index is 0.0594. The highest BCUT2D eigenvalue weighted by atomic mass is 16.5. The highest BCUT2D eigenvalue weighted by Crippen LogP contribution is 2.12. The average Bonchev–Trinajstić information content (AvgIpc) is 2.91. The molecule has 136 valence electrons. The van der Waals surface area contributed by atoms with Crippen molar-refractivity contribution in [2.24, 2.45) is 0 Å². The molecule has 1 aromatic heterocycles. The van der Waals surface area contributed by atoms with Crippen LogP contribution in [0.15, 0.2) is 29.1 Å². The number of carbonyl (C=O) groups is 1. The molecule has 1 aliphatic rings. The molecule has 0 radical (unpaired) electrons. The topological polar surface area (TPSA) is 68.5 Å². The first-order chi connectivity index (χ1) is 12.2. The molecule has 0 aliphatic carbocycles. The summed E-state index contributed by atoms with van der Waals surface area (Å²) < 4.78 is 8.57. The molecule has 2 aromatic rings. The molecule has 1 saturated heterocycles. The Morgan fingerprint density at radius 1 is 1.16 bits per heavy atom. The van der Waals surface area contributed by atoms with E-state index in [1.54, 1.807) is 9.13 Å². The molecule has 7 nitrogen and oxygen atoms in total. The maximum Gasteiger partial charge on any atom is 0.329 e. The van der Waals surface area contributed by atoms with Crippen LogP contribution in [0.1, 0.15) is 13.3 Å². The van der Waals surface area contributed by atoms with Crippen LogP contribution in [0.2, 0.25) is 0 Å². The first-order valence-corrected chi connectivity index (χ1v) is 8.95. The van der Waals surface area contributed by atoms with E-state index in [-0.39, 0.29) is 18.1 Å². The SMILES string of the molecule is CCn1c(=O)n(CC(=O)NCCCN2CCOCC2)c2ccccc21. The fourth-order valence-electron chi connectivity index (χ4n) is 3.29. The van der Waals surface area contributed by atoms with Gasteiger partial charge < -0.3 is 10.1 Å². The minimum atomic E-state index is -0.132. The lowest BCUT2D eigenvalue weighted by atomic mass is 10.3. The molecule has 1 N–H and O–H groups in total. The number of morpholine rings is 1. The molecule has 25 heavy (non-hydrogen) atoms. The molecule has 1 aromatic carbocycles. The fourth-order valence-corrected chi connectivity index (χ4v) is 3.29. The molecule has 1 aliphatic heterocycles. The molecular formula is C18H26N4O3. The molecule has 0 saturated carbocycles. The number of aryl methyl sites for hydroxylation is 1. The standard InChI is InChI=1S/C18H26N4O3/c1-2-21-15-6-3-4-7-16(15)22(18(21)24)14-17(23)19-8-5-9-20-10-12-25-13-11-20/h3-4,6-7H,2,5,8-14H2,1H3,(H,19,23). The molecule has 1 fully saturated rings. The number of aromatic nitrogens is 2. The molecule has 7 heteroatoms. The number of nitrogens with one attached hydrogen (secondary N) is 1. The van der Waals surface area contributed by atoms with Crippen molar-refractivity contribution in [3.05, 3.63) is 34.7 Å². The Hall–Kier alpha value is -2.12. The highest BCUT2D eigenvalue weighted by molar-refractivity contribution is 5.80. The van der Waals surface area contributed by atoms with E-state index in [9.17, 15) is 9.59 Å². The number of ether oxygens (including phenoxy) is 1. The fraction of sp³-hybridized carbons (Fsp3) is 0.556. The van der Waals surface area contributed by atoms with Gasteiger partial charge in [-0.1, -0.05) is 12.1 Å². The number of rotatable bonds is 7. The van der Waals surface area contributed by atoms with Gasteiger partial charge in [0.15, 0.2) is 0 Å². The van der Waals surface area contributed by atoms with Gasteiger partial charge in [-0.15, -0.1) is 0 Å². The van der Waals surface area contributed by atoms with Gasteiger partial charge in [0, 0.05) is 26.2 Å². The van der Waals surface area contributed by atoms with Crippen LogP contribution in [0, 0.1) is 0 Å². The Balaban J connectivity index is 1.55.